The van der Waals surface area contributed by atoms with Gasteiger partial charge in [-0.2, -0.15) is 0 Å². The van der Waals surface area contributed by atoms with Crippen molar-refractivity contribution in [2.75, 3.05) is 4.90 Å². The number of anilines is 1. The second-order valence-electron chi connectivity index (χ2n) is 5.63. The maximum Gasteiger partial charge on any atom is 0.133 e. The Morgan fingerprint density at radius 1 is 1.32 bits per heavy atom. The van der Waals surface area contributed by atoms with E-state index < -0.39 is 0 Å². The summed E-state index contributed by atoms with van der Waals surface area (Å²) in [6.45, 7) is 2.14. The summed E-state index contributed by atoms with van der Waals surface area (Å²) >= 11 is 3.49. The van der Waals surface area contributed by atoms with Crippen molar-refractivity contribution in [3.05, 3.63) is 16.5 Å². The molecule has 1 aromatic heterocycles. The molecule has 2 atom stereocenters. The Morgan fingerprint density at radius 2 is 2.00 bits per heavy atom. The van der Waals surface area contributed by atoms with Crippen LogP contribution in [0.1, 0.15) is 44.9 Å². The first-order valence-electron chi connectivity index (χ1n) is 7.17. The third kappa shape index (κ3) is 2.63. The number of fused-ring (bicyclic) bond motifs is 2. The van der Waals surface area contributed by atoms with Gasteiger partial charge in [-0.05, 0) is 48.0 Å². The molecule has 2 saturated heterocycles. The van der Waals surface area contributed by atoms with Crippen LogP contribution in [0.2, 0.25) is 0 Å². The van der Waals surface area contributed by atoms with Crippen molar-refractivity contribution in [3.63, 3.8) is 0 Å². The zero-order valence-electron chi connectivity index (χ0n) is 11.2. The van der Waals surface area contributed by atoms with Gasteiger partial charge in [0.15, 0.2) is 0 Å². The third-order valence-corrected chi connectivity index (χ3v) is 4.58. The van der Waals surface area contributed by atoms with Crippen LogP contribution in [0.5, 0.6) is 0 Å². The largest absolute Gasteiger partial charge is 0.393 e. The summed E-state index contributed by atoms with van der Waals surface area (Å²) in [7, 11) is 0. The van der Waals surface area contributed by atoms with Crippen LogP contribution in [0.4, 0.5) is 5.82 Å². The Morgan fingerprint density at radius 3 is 2.63 bits per heavy atom. The molecule has 2 bridgehead atoms. The zero-order valence-corrected chi connectivity index (χ0v) is 12.8. The molecular weight excluding hydrogens is 306 g/mol. The van der Waals surface area contributed by atoms with E-state index in [0.717, 1.165) is 41.9 Å². The van der Waals surface area contributed by atoms with Gasteiger partial charge in [-0.15, -0.1) is 0 Å². The van der Waals surface area contributed by atoms with E-state index in [1.165, 1.54) is 12.8 Å². The van der Waals surface area contributed by atoms with Crippen LogP contribution in [0, 0.1) is 0 Å². The molecule has 3 rings (SSSR count). The molecule has 0 aliphatic carbocycles. The first kappa shape index (κ1) is 13.3. The van der Waals surface area contributed by atoms with Crippen molar-refractivity contribution < 1.29 is 5.11 Å². The maximum absolute atomic E-state index is 9.88. The van der Waals surface area contributed by atoms with E-state index in [2.05, 4.69) is 32.7 Å². The SMILES string of the molecule is CCCc1nc(Br)cc(N2C3CCC2CC(O)C3)n1. The van der Waals surface area contributed by atoms with Gasteiger partial charge < -0.3 is 10.0 Å². The van der Waals surface area contributed by atoms with Crippen molar-refractivity contribution in [2.45, 2.75) is 63.6 Å². The first-order valence-corrected chi connectivity index (χ1v) is 7.96. The van der Waals surface area contributed by atoms with Crippen LogP contribution in [0.3, 0.4) is 0 Å². The molecule has 19 heavy (non-hydrogen) atoms. The number of aryl methyl sites for hydroxylation is 1. The Balaban J connectivity index is 1.90. The molecule has 4 nitrogen and oxygen atoms in total. The number of nitrogens with zero attached hydrogens (tertiary/aromatic N) is 3. The van der Waals surface area contributed by atoms with Crippen LogP contribution >= 0.6 is 15.9 Å². The Kier molecular flexibility index (Phi) is 3.76. The van der Waals surface area contributed by atoms with Crippen molar-refractivity contribution in [1.82, 2.24) is 9.97 Å². The quantitative estimate of drug-likeness (QED) is 0.868. The lowest BCUT2D eigenvalue weighted by Gasteiger charge is -2.38. The van der Waals surface area contributed by atoms with E-state index in [0.29, 0.717) is 12.1 Å². The van der Waals surface area contributed by atoms with Crippen LogP contribution in [-0.4, -0.2) is 33.3 Å². The normalized spacial score (nSPS) is 29.8. The molecule has 2 fully saturated rings. The smallest absolute Gasteiger partial charge is 0.133 e. The van der Waals surface area contributed by atoms with Crippen molar-refractivity contribution in [1.29, 1.82) is 0 Å². The average Bonchev–Trinajstić information content (AvgIpc) is 2.61. The highest BCUT2D eigenvalue weighted by atomic mass is 79.9. The Hall–Kier alpha value is -0.680. The van der Waals surface area contributed by atoms with E-state index in [1.54, 1.807) is 0 Å². The van der Waals surface area contributed by atoms with E-state index in [1.807, 2.05) is 6.07 Å². The zero-order chi connectivity index (χ0) is 13.4. The highest BCUT2D eigenvalue weighted by molar-refractivity contribution is 9.10. The van der Waals surface area contributed by atoms with Gasteiger partial charge in [0, 0.05) is 24.6 Å². The van der Waals surface area contributed by atoms with E-state index >= 15 is 0 Å². The number of aliphatic hydroxyl groups is 1. The van der Waals surface area contributed by atoms with Gasteiger partial charge in [0.2, 0.25) is 0 Å². The molecule has 1 N–H and O–H groups in total. The molecule has 5 heteroatoms. The second-order valence-corrected chi connectivity index (χ2v) is 6.45. The van der Waals surface area contributed by atoms with E-state index in [-0.39, 0.29) is 6.10 Å². The number of rotatable bonds is 3. The summed E-state index contributed by atoms with van der Waals surface area (Å²) in [5.41, 5.74) is 0. The molecule has 2 aliphatic rings. The fourth-order valence-electron chi connectivity index (χ4n) is 3.44. The van der Waals surface area contributed by atoms with Crippen molar-refractivity contribution in [2.24, 2.45) is 0 Å². The van der Waals surface area contributed by atoms with Crippen molar-refractivity contribution in [3.8, 4) is 0 Å². The lowest BCUT2D eigenvalue weighted by Crippen LogP contribution is -2.45. The molecule has 3 heterocycles. The van der Waals surface area contributed by atoms with Crippen molar-refractivity contribution >= 4 is 21.7 Å². The van der Waals surface area contributed by atoms with Gasteiger partial charge in [0.1, 0.15) is 16.2 Å². The minimum Gasteiger partial charge on any atom is -0.393 e. The number of hydrogen-bond donors (Lipinski definition) is 1. The molecule has 2 aliphatic heterocycles. The lowest BCUT2D eigenvalue weighted by molar-refractivity contribution is 0.126. The van der Waals surface area contributed by atoms with Crippen LogP contribution in [0.25, 0.3) is 0 Å². The average molecular weight is 326 g/mol. The molecule has 0 amide bonds. The number of aromatic nitrogens is 2. The maximum atomic E-state index is 9.88. The summed E-state index contributed by atoms with van der Waals surface area (Å²) in [4.78, 5) is 11.6. The number of piperidine rings is 1. The minimum atomic E-state index is -0.130. The monoisotopic (exact) mass is 325 g/mol. The summed E-state index contributed by atoms with van der Waals surface area (Å²) in [6.07, 6.45) is 5.94. The highest BCUT2D eigenvalue weighted by Gasteiger charge is 2.41. The number of halogens is 1. The molecule has 104 valence electrons. The first-order chi connectivity index (χ1) is 9.17. The molecule has 0 saturated carbocycles. The summed E-state index contributed by atoms with van der Waals surface area (Å²) < 4.78 is 0.867. The van der Waals surface area contributed by atoms with E-state index in [9.17, 15) is 5.11 Å². The van der Waals surface area contributed by atoms with Crippen LogP contribution in [-0.2, 0) is 6.42 Å². The Bertz CT molecular complexity index is 454. The fourth-order valence-corrected chi connectivity index (χ4v) is 3.85. The van der Waals surface area contributed by atoms with Gasteiger partial charge in [0.05, 0.1) is 6.10 Å². The predicted octanol–water partition coefficient (Wildman–Crippen LogP) is 2.68. The summed E-state index contributed by atoms with van der Waals surface area (Å²) in [5.74, 6) is 1.95. The van der Waals surface area contributed by atoms with Gasteiger partial charge in [-0.3, -0.25) is 0 Å². The molecule has 0 radical (unpaired) electrons. The third-order valence-electron chi connectivity index (χ3n) is 4.17. The second kappa shape index (κ2) is 5.37. The summed E-state index contributed by atoms with van der Waals surface area (Å²) in [6, 6.07) is 2.91. The van der Waals surface area contributed by atoms with Crippen LogP contribution < -0.4 is 4.90 Å². The fraction of sp³-hybridized carbons (Fsp3) is 0.714. The summed E-state index contributed by atoms with van der Waals surface area (Å²) in [5, 5.41) is 9.88. The lowest BCUT2D eigenvalue weighted by atomic mass is 10.00. The predicted molar refractivity (Wildman–Crippen MR) is 78.3 cm³/mol. The van der Waals surface area contributed by atoms with Gasteiger partial charge >= 0.3 is 0 Å². The van der Waals surface area contributed by atoms with Gasteiger partial charge in [-0.1, -0.05) is 6.92 Å². The Labute approximate surface area is 122 Å². The molecular formula is C14H20BrN3O. The molecule has 1 aromatic rings. The van der Waals surface area contributed by atoms with E-state index in [4.69, 9.17) is 4.98 Å². The molecule has 0 spiro atoms. The molecule has 2 unspecified atom stereocenters. The highest BCUT2D eigenvalue weighted by Crippen LogP contribution is 2.39. The standard InChI is InChI=1S/C14H20BrN3O/c1-2-3-13-16-12(15)8-14(17-13)18-9-4-5-10(18)7-11(19)6-9/h8-11,19H,2-7H2,1H3. The van der Waals surface area contributed by atoms with Gasteiger partial charge in [-0.25, -0.2) is 9.97 Å². The number of hydrogen-bond acceptors (Lipinski definition) is 4. The topological polar surface area (TPSA) is 49.2 Å². The molecule has 0 aromatic carbocycles. The number of aliphatic hydroxyl groups excluding tert-OH is 1. The minimum absolute atomic E-state index is 0.130. The van der Waals surface area contributed by atoms with Crippen LogP contribution in [0.15, 0.2) is 10.7 Å². The van der Waals surface area contributed by atoms with Gasteiger partial charge in [0.25, 0.3) is 0 Å².